The first-order chi connectivity index (χ1) is 14.9. The highest BCUT2D eigenvalue weighted by atomic mass is 32.2. The number of amides is 1. The number of carbonyl (C=O) groups is 1. The Labute approximate surface area is 180 Å². The molecule has 1 aliphatic carbocycles. The van der Waals surface area contributed by atoms with E-state index in [-0.39, 0.29) is 23.9 Å². The second-order valence-electron chi connectivity index (χ2n) is 7.94. The predicted octanol–water partition coefficient (Wildman–Crippen LogP) is 3.01. The minimum Gasteiger partial charge on any atom is -0.336 e. The molecule has 31 heavy (non-hydrogen) atoms. The van der Waals surface area contributed by atoms with Gasteiger partial charge in [-0.15, -0.1) is 0 Å². The molecule has 8 heteroatoms. The molecule has 5 rings (SSSR count). The number of sulfonamides is 1. The van der Waals surface area contributed by atoms with Crippen molar-refractivity contribution in [2.24, 2.45) is 0 Å². The summed E-state index contributed by atoms with van der Waals surface area (Å²) in [4.78, 5) is 19.9. The standard InChI is InChI=1S/C23H22FN3O3S/c24-16-5-3-6-17(15-16)31(29,30)27-13-11-26(12-14-27)23(28)22-18-7-1-2-9-20(18)25-21-10-4-8-19(21)22/h1-3,5-7,9,15H,4,8,10-14H2. The van der Waals surface area contributed by atoms with Gasteiger partial charge in [0.2, 0.25) is 10.0 Å². The van der Waals surface area contributed by atoms with Crippen molar-refractivity contribution in [3.05, 3.63) is 71.2 Å². The van der Waals surface area contributed by atoms with Crippen LogP contribution in [0.4, 0.5) is 4.39 Å². The zero-order chi connectivity index (χ0) is 21.6. The highest BCUT2D eigenvalue weighted by Gasteiger charge is 2.33. The van der Waals surface area contributed by atoms with Gasteiger partial charge in [-0.25, -0.2) is 12.8 Å². The van der Waals surface area contributed by atoms with Crippen LogP contribution in [-0.4, -0.2) is 54.7 Å². The molecule has 0 spiro atoms. The summed E-state index contributed by atoms with van der Waals surface area (Å²) in [6, 6.07) is 12.7. The van der Waals surface area contributed by atoms with Crippen LogP contribution in [0.2, 0.25) is 0 Å². The topological polar surface area (TPSA) is 70.6 Å². The number of carbonyl (C=O) groups excluding carboxylic acids is 1. The van der Waals surface area contributed by atoms with E-state index in [9.17, 15) is 17.6 Å². The van der Waals surface area contributed by atoms with Gasteiger partial charge in [0.25, 0.3) is 5.91 Å². The molecule has 0 saturated carbocycles. The van der Waals surface area contributed by atoms with Crippen molar-refractivity contribution >= 4 is 26.8 Å². The van der Waals surface area contributed by atoms with Gasteiger partial charge in [-0.1, -0.05) is 24.3 Å². The average molecular weight is 440 g/mol. The Kier molecular flexibility index (Phi) is 4.98. The quantitative estimate of drug-likeness (QED) is 0.629. The molecule has 1 saturated heterocycles. The van der Waals surface area contributed by atoms with E-state index in [0.29, 0.717) is 18.7 Å². The van der Waals surface area contributed by atoms with E-state index in [0.717, 1.165) is 47.5 Å². The number of hydrogen-bond acceptors (Lipinski definition) is 4. The van der Waals surface area contributed by atoms with Crippen LogP contribution in [0.5, 0.6) is 0 Å². The number of fused-ring (bicyclic) bond motifs is 2. The molecule has 2 aliphatic rings. The fourth-order valence-electron chi connectivity index (χ4n) is 4.52. The maximum absolute atomic E-state index is 13.5. The number of piperazine rings is 1. The monoisotopic (exact) mass is 439 g/mol. The Morgan fingerprint density at radius 2 is 1.74 bits per heavy atom. The second kappa shape index (κ2) is 7.69. The van der Waals surface area contributed by atoms with Gasteiger partial charge < -0.3 is 4.90 Å². The van der Waals surface area contributed by atoms with Crippen molar-refractivity contribution in [3.8, 4) is 0 Å². The van der Waals surface area contributed by atoms with E-state index >= 15 is 0 Å². The lowest BCUT2D eigenvalue weighted by atomic mass is 10.00. The van der Waals surface area contributed by atoms with Gasteiger partial charge >= 0.3 is 0 Å². The van der Waals surface area contributed by atoms with Crippen LogP contribution in [-0.2, 0) is 22.9 Å². The largest absolute Gasteiger partial charge is 0.336 e. The normalized spacial score (nSPS) is 17.1. The van der Waals surface area contributed by atoms with Crippen LogP contribution in [0.15, 0.2) is 53.4 Å². The van der Waals surface area contributed by atoms with E-state index in [1.807, 2.05) is 24.3 Å². The molecular weight excluding hydrogens is 417 g/mol. The molecule has 1 fully saturated rings. The van der Waals surface area contributed by atoms with Crippen LogP contribution in [0.3, 0.4) is 0 Å². The third-order valence-corrected chi connectivity index (χ3v) is 7.99. The number of nitrogens with zero attached hydrogens (tertiary/aromatic N) is 3. The SMILES string of the molecule is O=C(c1c2c(nc3ccccc13)CCC2)N1CCN(S(=O)(=O)c2cccc(F)c2)CC1. The molecule has 6 nitrogen and oxygen atoms in total. The highest BCUT2D eigenvalue weighted by Crippen LogP contribution is 2.31. The van der Waals surface area contributed by atoms with E-state index in [2.05, 4.69) is 0 Å². The van der Waals surface area contributed by atoms with Crippen molar-refractivity contribution in [1.82, 2.24) is 14.2 Å². The van der Waals surface area contributed by atoms with Gasteiger partial charge in [0.15, 0.2) is 0 Å². The zero-order valence-electron chi connectivity index (χ0n) is 16.9. The number of hydrogen-bond donors (Lipinski definition) is 0. The molecule has 2 heterocycles. The van der Waals surface area contributed by atoms with Crippen LogP contribution >= 0.6 is 0 Å². The van der Waals surface area contributed by atoms with Crippen molar-refractivity contribution in [1.29, 1.82) is 0 Å². The van der Waals surface area contributed by atoms with E-state index in [1.165, 1.54) is 22.5 Å². The fourth-order valence-corrected chi connectivity index (χ4v) is 5.98. The summed E-state index contributed by atoms with van der Waals surface area (Å²) in [5.41, 5.74) is 3.55. The van der Waals surface area contributed by atoms with Crippen molar-refractivity contribution in [2.45, 2.75) is 24.2 Å². The summed E-state index contributed by atoms with van der Waals surface area (Å²) < 4.78 is 40.6. The number of aromatic nitrogens is 1. The smallest absolute Gasteiger partial charge is 0.254 e. The van der Waals surface area contributed by atoms with Gasteiger partial charge in [0, 0.05) is 37.3 Å². The molecule has 3 aromatic rings. The van der Waals surface area contributed by atoms with Crippen LogP contribution in [0.25, 0.3) is 10.9 Å². The summed E-state index contributed by atoms with van der Waals surface area (Å²) in [6.07, 6.45) is 2.70. The predicted molar refractivity (Wildman–Crippen MR) is 115 cm³/mol. The Hall–Kier alpha value is -2.84. The average Bonchev–Trinajstić information content (AvgIpc) is 3.25. The molecule has 1 aromatic heterocycles. The minimum absolute atomic E-state index is 0.0646. The number of rotatable bonds is 3. The summed E-state index contributed by atoms with van der Waals surface area (Å²) in [7, 11) is -3.80. The van der Waals surface area contributed by atoms with E-state index in [4.69, 9.17) is 4.98 Å². The molecule has 0 bridgehead atoms. The molecule has 0 atom stereocenters. The molecule has 2 aromatic carbocycles. The van der Waals surface area contributed by atoms with Crippen LogP contribution < -0.4 is 0 Å². The summed E-state index contributed by atoms with van der Waals surface area (Å²) in [5, 5.41) is 0.850. The van der Waals surface area contributed by atoms with Crippen LogP contribution in [0, 0.1) is 5.82 Å². The van der Waals surface area contributed by atoms with E-state index < -0.39 is 15.8 Å². The van der Waals surface area contributed by atoms with Gasteiger partial charge in [-0.2, -0.15) is 4.31 Å². The van der Waals surface area contributed by atoms with Gasteiger partial charge in [-0.3, -0.25) is 9.78 Å². The Balaban J connectivity index is 1.40. The first-order valence-electron chi connectivity index (χ1n) is 10.4. The van der Waals surface area contributed by atoms with Crippen molar-refractivity contribution in [3.63, 3.8) is 0 Å². The molecule has 0 radical (unpaired) electrons. The van der Waals surface area contributed by atoms with Crippen LogP contribution in [0.1, 0.15) is 28.0 Å². The summed E-state index contributed by atoms with van der Waals surface area (Å²) in [5.74, 6) is -0.659. The van der Waals surface area contributed by atoms with Gasteiger partial charge in [-0.05, 0) is 49.1 Å². The first-order valence-corrected chi connectivity index (χ1v) is 11.8. The lowest BCUT2D eigenvalue weighted by Gasteiger charge is -2.34. The first kappa shape index (κ1) is 20.1. The molecule has 160 valence electrons. The molecule has 1 aliphatic heterocycles. The minimum atomic E-state index is -3.80. The number of benzene rings is 2. The molecular formula is C23H22FN3O3S. The Bertz CT molecular complexity index is 1280. The summed E-state index contributed by atoms with van der Waals surface area (Å²) >= 11 is 0. The summed E-state index contributed by atoms with van der Waals surface area (Å²) in [6.45, 7) is 0.934. The zero-order valence-corrected chi connectivity index (χ0v) is 17.7. The number of para-hydroxylation sites is 1. The Morgan fingerprint density at radius 1 is 0.968 bits per heavy atom. The van der Waals surface area contributed by atoms with Crippen molar-refractivity contribution < 1.29 is 17.6 Å². The van der Waals surface area contributed by atoms with Gasteiger partial charge in [0.05, 0.1) is 16.0 Å². The molecule has 1 amide bonds. The lowest BCUT2D eigenvalue weighted by molar-refractivity contribution is 0.0699. The molecule has 0 N–H and O–H groups in total. The Morgan fingerprint density at radius 3 is 2.52 bits per heavy atom. The number of aryl methyl sites for hydroxylation is 1. The van der Waals surface area contributed by atoms with E-state index in [1.54, 1.807) is 4.90 Å². The highest BCUT2D eigenvalue weighted by molar-refractivity contribution is 7.89. The number of pyridine rings is 1. The molecule has 0 unspecified atom stereocenters. The fraction of sp³-hybridized carbons (Fsp3) is 0.304. The maximum atomic E-state index is 13.5. The van der Waals surface area contributed by atoms with Gasteiger partial charge in [0.1, 0.15) is 5.82 Å². The lowest BCUT2D eigenvalue weighted by Crippen LogP contribution is -2.50. The third kappa shape index (κ3) is 3.49. The maximum Gasteiger partial charge on any atom is 0.254 e. The van der Waals surface area contributed by atoms with Crippen molar-refractivity contribution in [2.75, 3.05) is 26.2 Å². The second-order valence-corrected chi connectivity index (χ2v) is 9.87. The third-order valence-electron chi connectivity index (χ3n) is 6.09. The number of halogens is 1.